The average molecular weight is 530 g/mol. The number of carbonyl (C=O) groups excluding carboxylic acids is 1. The topological polar surface area (TPSA) is 103 Å². The van der Waals surface area contributed by atoms with Crippen LogP contribution in [0.2, 0.25) is 0 Å². The van der Waals surface area contributed by atoms with Crippen molar-refractivity contribution in [3.05, 3.63) is 111 Å². The Morgan fingerprint density at radius 3 is 2.50 bits per heavy atom. The Balaban J connectivity index is 1.59. The zero-order chi connectivity index (χ0) is 27.1. The van der Waals surface area contributed by atoms with Crippen LogP contribution in [0, 0.1) is 17.0 Å². The van der Waals surface area contributed by atoms with Crippen molar-refractivity contribution in [3.8, 4) is 11.5 Å². The molecule has 0 atom stereocenters. The van der Waals surface area contributed by atoms with Gasteiger partial charge in [-0.15, -0.1) is 6.58 Å². The van der Waals surface area contributed by atoms with Crippen LogP contribution >= 0.6 is 11.8 Å². The van der Waals surface area contributed by atoms with E-state index in [2.05, 4.69) is 16.9 Å². The third-order valence-electron chi connectivity index (χ3n) is 5.56. The van der Waals surface area contributed by atoms with E-state index in [1.54, 1.807) is 24.3 Å². The van der Waals surface area contributed by atoms with Gasteiger partial charge in [0.1, 0.15) is 6.61 Å². The first-order chi connectivity index (χ1) is 18.4. The Kier molecular flexibility index (Phi) is 8.60. The smallest absolute Gasteiger partial charge is 0.269 e. The highest BCUT2D eigenvalue weighted by Crippen LogP contribution is 2.37. The number of rotatable bonds is 10. The fourth-order valence-electron chi connectivity index (χ4n) is 3.74. The largest absolute Gasteiger partial charge is 0.490 e. The molecule has 3 aromatic carbocycles. The number of carbonyl (C=O) groups is 1. The predicted molar refractivity (Wildman–Crippen MR) is 151 cm³/mol. The van der Waals surface area contributed by atoms with Gasteiger partial charge in [-0.2, -0.15) is 0 Å². The average Bonchev–Trinajstić information content (AvgIpc) is 3.23. The molecule has 9 heteroatoms. The molecule has 38 heavy (non-hydrogen) atoms. The molecule has 3 aromatic rings. The lowest BCUT2D eigenvalue weighted by atomic mass is 10.0. The molecule has 0 spiro atoms. The Labute approximate surface area is 225 Å². The van der Waals surface area contributed by atoms with Crippen molar-refractivity contribution in [1.82, 2.24) is 5.32 Å². The zero-order valence-corrected chi connectivity index (χ0v) is 21.9. The van der Waals surface area contributed by atoms with Crippen LogP contribution in [0.25, 0.3) is 6.08 Å². The van der Waals surface area contributed by atoms with Crippen molar-refractivity contribution in [2.24, 2.45) is 4.99 Å². The van der Waals surface area contributed by atoms with Gasteiger partial charge in [-0.25, -0.2) is 4.99 Å². The van der Waals surface area contributed by atoms with E-state index in [1.807, 2.05) is 50.2 Å². The van der Waals surface area contributed by atoms with Gasteiger partial charge in [-0.1, -0.05) is 23.8 Å². The van der Waals surface area contributed by atoms with E-state index in [0.717, 1.165) is 27.9 Å². The molecule has 1 aliphatic heterocycles. The third-order valence-corrected chi connectivity index (χ3v) is 6.47. The molecule has 1 fully saturated rings. The van der Waals surface area contributed by atoms with Crippen molar-refractivity contribution in [2.75, 3.05) is 6.61 Å². The first-order valence-electron chi connectivity index (χ1n) is 12.0. The molecule has 0 aromatic heterocycles. The van der Waals surface area contributed by atoms with Gasteiger partial charge in [0.15, 0.2) is 16.7 Å². The number of hydrogen-bond donors (Lipinski definition) is 1. The van der Waals surface area contributed by atoms with E-state index in [4.69, 9.17) is 9.47 Å². The number of nitrogens with zero attached hydrogens (tertiary/aromatic N) is 2. The molecular weight excluding hydrogens is 502 g/mol. The number of amides is 1. The first-order valence-corrected chi connectivity index (χ1v) is 12.8. The molecule has 8 nitrogen and oxygen atoms in total. The van der Waals surface area contributed by atoms with Crippen LogP contribution in [0.15, 0.2) is 83.2 Å². The van der Waals surface area contributed by atoms with Gasteiger partial charge >= 0.3 is 0 Å². The van der Waals surface area contributed by atoms with Crippen LogP contribution in [0.1, 0.15) is 29.2 Å². The van der Waals surface area contributed by atoms with E-state index in [9.17, 15) is 14.9 Å². The van der Waals surface area contributed by atoms with E-state index in [-0.39, 0.29) is 18.2 Å². The first kappa shape index (κ1) is 26.7. The molecule has 1 saturated heterocycles. The summed E-state index contributed by atoms with van der Waals surface area (Å²) in [6.45, 7) is 8.37. The van der Waals surface area contributed by atoms with Crippen LogP contribution in [0.4, 0.5) is 11.4 Å². The van der Waals surface area contributed by atoms with Crippen molar-refractivity contribution in [2.45, 2.75) is 26.9 Å². The highest BCUT2D eigenvalue weighted by molar-refractivity contribution is 8.18. The SMILES string of the molecule is C=CCc1cc(/C=C2/SC(=Nc3ccc(C)cc3)NC2=O)cc(OCC)c1OCc1ccc([N+](=O)[O-])cc1. The number of ether oxygens (including phenoxy) is 2. The second-order valence-corrected chi connectivity index (χ2v) is 9.49. The van der Waals surface area contributed by atoms with E-state index >= 15 is 0 Å². The molecule has 4 rings (SSSR count). The number of benzene rings is 3. The Bertz CT molecular complexity index is 1410. The molecule has 1 N–H and O–H groups in total. The number of thioether (sulfide) groups is 1. The number of nitro groups is 1. The molecule has 0 radical (unpaired) electrons. The maximum absolute atomic E-state index is 12.7. The van der Waals surface area contributed by atoms with Crippen LogP contribution in [0.5, 0.6) is 11.5 Å². The summed E-state index contributed by atoms with van der Waals surface area (Å²) in [5.41, 5.74) is 4.33. The van der Waals surface area contributed by atoms with Gasteiger partial charge < -0.3 is 14.8 Å². The van der Waals surface area contributed by atoms with E-state index in [1.165, 1.54) is 23.9 Å². The molecule has 0 unspecified atom stereocenters. The summed E-state index contributed by atoms with van der Waals surface area (Å²) in [6.07, 6.45) is 4.09. The summed E-state index contributed by atoms with van der Waals surface area (Å²) in [5, 5.41) is 14.3. The molecule has 1 amide bonds. The molecule has 0 aliphatic carbocycles. The summed E-state index contributed by atoms with van der Waals surface area (Å²) < 4.78 is 12.0. The van der Waals surface area contributed by atoms with Crippen molar-refractivity contribution >= 4 is 40.3 Å². The number of nitro benzene ring substituents is 1. The number of non-ortho nitro benzene ring substituents is 1. The molecule has 194 valence electrons. The summed E-state index contributed by atoms with van der Waals surface area (Å²) in [5.74, 6) is 0.887. The maximum Gasteiger partial charge on any atom is 0.269 e. The van der Waals surface area contributed by atoms with Crippen LogP contribution in [-0.4, -0.2) is 22.6 Å². The fourth-order valence-corrected chi connectivity index (χ4v) is 4.58. The lowest BCUT2D eigenvalue weighted by molar-refractivity contribution is -0.384. The Hall–Kier alpha value is -4.37. The molecule has 0 bridgehead atoms. The second kappa shape index (κ2) is 12.2. The lowest BCUT2D eigenvalue weighted by Gasteiger charge is -2.17. The van der Waals surface area contributed by atoms with Crippen molar-refractivity contribution < 1.29 is 19.2 Å². The second-order valence-electron chi connectivity index (χ2n) is 8.46. The fraction of sp³-hybridized carbons (Fsp3) is 0.172. The van der Waals surface area contributed by atoms with Crippen molar-refractivity contribution in [3.63, 3.8) is 0 Å². The van der Waals surface area contributed by atoms with Gasteiger partial charge in [-0.3, -0.25) is 14.9 Å². The molecule has 0 saturated carbocycles. The number of nitrogens with one attached hydrogen (secondary N) is 1. The number of aryl methyl sites for hydroxylation is 1. The maximum atomic E-state index is 12.7. The normalized spacial score (nSPS) is 14.9. The van der Waals surface area contributed by atoms with Gasteiger partial charge in [0.2, 0.25) is 0 Å². The van der Waals surface area contributed by atoms with E-state index < -0.39 is 4.92 Å². The van der Waals surface area contributed by atoms with Gasteiger partial charge in [0.05, 0.1) is 22.1 Å². The highest BCUT2D eigenvalue weighted by Gasteiger charge is 2.24. The highest BCUT2D eigenvalue weighted by atomic mass is 32.2. The summed E-state index contributed by atoms with van der Waals surface area (Å²) in [7, 11) is 0. The molecule has 1 heterocycles. The number of aliphatic imine (C=N–C) groups is 1. The minimum Gasteiger partial charge on any atom is -0.490 e. The standard InChI is InChI=1S/C29H27N3O5S/c1-4-6-22-15-21(17-26-28(33)31-29(38-26)30-23-11-7-19(3)8-12-23)16-25(36-5-2)27(22)37-18-20-9-13-24(14-10-20)32(34)35/h4,7-17H,1,5-6,18H2,2-3H3,(H,30,31,33)/b26-17+. The quantitative estimate of drug-likeness (QED) is 0.139. The van der Waals surface area contributed by atoms with Gasteiger partial charge in [0, 0.05) is 17.7 Å². The molecule has 1 aliphatic rings. The Morgan fingerprint density at radius 2 is 1.84 bits per heavy atom. The summed E-state index contributed by atoms with van der Waals surface area (Å²) in [6, 6.07) is 17.7. The van der Waals surface area contributed by atoms with Gasteiger partial charge in [-0.05, 0) is 85.6 Å². The summed E-state index contributed by atoms with van der Waals surface area (Å²) >= 11 is 1.28. The minimum absolute atomic E-state index is 0.0226. The van der Waals surface area contributed by atoms with E-state index in [0.29, 0.717) is 34.6 Å². The minimum atomic E-state index is -0.437. The van der Waals surface area contributed by atoms with Crippen LogP contribution in [-0.2, 0) is 17.8 Å². The number of allylic oxidation sites excluding steroid dienone is 1. The zero-order valence-electron chi connectivity index (χ0n) is 21.1. The number of hydrogen-bond acceptors (Lipinski definition) is 7. The molecular formula is C29H27N3O5S. The van der Waals surface area contributed by atoms with Crippen LogP contribution in [0.3, 0.4) is 0 Å². The van der Waals surface area contributed by atoms with Crippen LogP contribution < -0.4 is 14.8 Å². The lowest BCUT2D eigenvalue weighted by Crippen LogP contribution is -2.19. The monoisotopic (exact) mass is 529 g/mol. The number of amidine groups is 1. The third kappa shape index (κ3) is 6.68. The Morgan fingerprint density at radius 1 is 1.11 bits per heavy atom. The summed E-state index contributed by atoms with van der Waals surface area (Å²) in [4.78, 5) is 28.2. The van der Waals surface area contributed by atoms with Gasteiger partial charge in [0.25, 0.3) is 11.6 Å². The van der Waals surface area contributed by atoms with Crippen molar-refractivity contribution in [1.29, 1.82) is 0 Å². The predicted octanol–water partition coefficient (Wildman–Crippen LogP) is 6.50.